The molecule has 2 aliphatic heterocycles. The Balaban J connectivity index is 1.49. The van der Waals surface area contributed by atoms with Crippen molar-refractivity contribution in [3.05, 3.63) is 46.8 Å². The summed E-state index contributed by atoms with van der Waals surface area (Å²) in [6, 6.07) is 11.4. The molecule has 25 heavy (non-hydrogen) atoms. The van der Waals surface area contributed by atoms with Gasteiger partial charge in [0.2, 0.25) is 5.91 Å². The van der Waals surface area contributed by atoms with Gasteiger partial charge in [0.25, 0.3) is 10.0 Å². The summed E-state index contributed by atoms with van der Waals surface area (Å²) in [5.74, 6) is 0.0249. The van der Waals surface area contributed by atoms with Crippen LogP contribution in [0.4, 0.5) is 5.69 Å². The van der Waals surface area contributed by atoms with Gasteiger partial charge in [0.05, 0.1) is 6.42 Å². The molecule has 7 heteroatoms. The molecular formula is C18H20N2O3S2. The highest BCUT2D eigenvalue weighted by Crippen LogP contribution is 2.30. The number of amides is 1. The van der Waals surface area contributed by atoms with Gasteiger partial charge in [-0.25, -0.2) is 8.42 Å². The fraction of sp³-hybridized carbons (Fsp3) is 0.389. The van der Waals surface area contributed by atoms with Gasteiger partial charge in [-0.15, -0.1) is 11.3 Å². The summed E-state index contributed by atoms with van der Waals surface area (Å²) in [6.45, 7) is 1.89. The fourth-order valence-electron chi connectivity index (χ4n) is 3.49. The summed E-state index contributed by atoms with van der Waals surface area (Å²) in [5.41, 5.74) is 2.17. The first-order valence-corrected chi connectivity index (χ1v) is 10.8. The first-order valence-electron chi connectivity index (χ1n) is 8.53. The third kappa shape index (κ3) is 3.12. The van der Waals surface area contributed by atoms with Crippen LogP contribution in [0.25, 0.3) is 0 Å². The Labute approximate surface area is 151 Å². The van der Waals surface area contributed by atoms with Gasteiger partial charge >= 0.3 is 0 Å². The maximum absolute atomic E-state index is 12.7. The van der Waals surface area contributed by atoms with E-state index in [9.17, 15) is 13.2 Å². The van der Waals surface area contributed by atoms with Gasteiger partial charge in [-0.05, 0) is 43.0 Å². The van der Waals surface area contributed by atoms with Gasteiger partial charge in [-0.1, -0.05) is 18.2 Å². The highest BCUT2D eigenvalue weighted by molar-refractivity contribution is 7.91. The number of hydrogen-bond acceptors (Lipinski definition) is 4. The molecule has 0 spiro atoms. The number of benzene rings is 1. The standard InChI is InChI=1S/C18H20N2O3S2/c21-17(20-12-9-14-5-1-2-6-16(14)20)13-15-7-8-18(24-15)25(22,23)19-10-3-4-11-19/h1-2,5-8H,3-4,9-13H2. The lowest BCUT2D eigenvalue weighted by atomic mass is 10.2. The third-order valence-electron chi connectivity index (χ3n) is 4.81. The number of para-hydroxylation sites is 1. The Kier molecular flexibility index (Phi) is 4.39. The van der Waals surface area contributed by atoms with Crippen LogP contribution in [0.3, 0.4) is 0 Å². The average molecular weight is 377 g/mol. The van der Waals surface area contributed by atoms with Crippen molar-refractivity contribution >= 4 is 33.0 Å². The first-order chi connectivity index (χ1) is 12.1. The van der Waals surface area contributed by atoms with Crippen molar-refractivity contribution in [1.82, 2.24) is 4.31 Å². The van der Waals surface area contributed by atoms with E-state index in [1.165, 1.54) is 16.9 Å². The minimum atomic E-state index is -3.39. The van der Waals surface area contributed by atoms with Gasteiger partial charge < -0.3 is 4.90 Å². The van der Waals surface area contributed by atoms with E-state index in [1.54, 1.807) is 16.4 Å². The minimum absolute atomic E-state index is 0.0249. The molecule has 1 aromatic heterocycles. The molecule has 0 aliphatic carbocycles. The van der Waals surface area contributed by atoms with Crippen LogP contribution < -0.4 is 4.90 Å². The SMILES string of the molecule is O=C(Cc1ccc(S(=O)(=O)N2CCCC2)s1)N1CCc2ccccc21. The highest BCUT2D eigenvalue weighted by Gasteiger charge is 2.29. The zero-order valence-electron chi connectivity index (χ0n) is 13.8. The smallest absolute Gasteiger partial charge is 0.252 e. The summed E-state index contributed by atoms with van der Waals surface area (Å²) in [7, 11) is -3.39. The Morgan fingerprint density at radius 1 is 1.04 bits per heavy atom. The maximum Gasteiger partial charge on any atom is 0.252 e. The lowest BCUT2D eigenvalue weighted by Crippen LogP contribution is -2.30. The van der Waals surface area contributed by atoms with Crippen LogP contribution in [0.5, 0.6) is 0 Å². The average Bonchev–Trinajstić information content (AvgIpc) is 3.34. The molecule has 0 bridgehead atoms. The molecule has 0 N–H and O–H groups in total. The molecule has 2 aliphatic rings. The van der Waals surface area contributed by atoms with Gasteiger partial charge in [-0.3, -0.25) is 4.79 Å². The molecule has 0 saturated carbocycles. The predicted molar refractivity (Wildman–Crippen MR) is 98.5 cm³/mol. The quantitative estimate of drug-likeness (QED) is 0.824. The number of anilines is 1. The van der Waals surface area contributed by atoms with Crippen molar-refractivity contribution < 1.29 is 13.2 Å². The molecule has 0 atom stereocenters. The van der Waals surface area contributed by atoms with Crippen molar-refractivity contribution in [2.24, 2.45) is 0 Å². The summed E-state index contributed by atoms with van der Waals surface area (Å²) < 4.78 is 27.1. The number of hydrogen-bond donors (Lipinski definition) is 0. The molecule has 2 aromatic rings. The van der Waals surface area contributed by atoms with Gasteiger partial charge in [0.15, 0.2) is 0 Å². The van der Waals surface area contributed by atoms with E-state index in [0.717, 1.165) is 29.8 Å². The summed E-state index contributed by atoms with van der Waals surface area (Å²) in [6.07, 6.45) is 2.96. The molecule has 1 saturated heterocycles. The summed E-state index contributed by atoms with van der Waals surface area (Å²) in [4.78, 5) is 15.3. The summed E-state index contributed by atoms with van der Waals surface area (Å²) in [5, 5.41) is 0. The number of carbonyl (C=O) groups excluding carboxylic acids is 1. The maximum atomic E-state index is 12.7. The van der Waals surface area contributed by atoms with Crippen LogP contribution in [0.15, 0.2) is 40.6 Å². The monoisotopic (exact) mass is 376 g/mol. The Bertz CT molecular complexity index is 899. The second-order valence-electron chi connectivity index (χ2n) is 6.43. The highest BCUT2D eigenvalue weighted by atomic mass is 32.2. The second-order valence-corrected chi connectivity index (χ2v) is 9.77. The number of sulfonamides is 1. The molecule has 1 amide bonds. The van der Waals surface area contributed by atoms with Crippen LogP contribution in [0.2, 0.25) is 0 Å². The van der Waals surface area contributed by atoms with Crippen LogP contribution in [-0.4, -0.2) is 38.3 Å². The van der Waals surface area contributed by atoms with E-state index in [-0.39, 0.29) is 12.3 Å². The van der Waals surface area contributed by atoms with Gasteiger partial charge in [-0.2, -0.15) is 4.31 Å². The Morgan fingerprint density at radius 2 is 1.80 bits per heavy atom. The van der Waals surface area contributed by atoms with Gasteiger partial charge in [0, 0.05) is 30.2 Å². The number of nitrogens with zero attached hydrogens (tertiary/aromatic N) is 2. The first kappa shape index (κ1) is 16.8. The Morgan fingerprint density at radius 3 is 2.60 bits per heavy atom. The van der Waals surface area contributed by atoms with E-state index >= 15 is 0 Å². The number of fused-ring (bicyclic) bond motifs is 1. The van der Waals surface area contributed by atoms with E-state index in [2.05, 4.69) is 6.07 Å². The molecule has 4 rings (SSSR count). The van der Waals surface area contributed by atoms with Crippen molar-refractivity contribution in [1.29, 1.82) is 0 Å². The molecule has 3 heterocycles. The fourth-order valence-corrected chi connectivity index (χ4v) is 6.51. The number of thiophene rings is 1. The van der Waals surface area contributed by atoms with Crippen molar-refractivity contribution in [2.45, 2.75) is 29.9 Å². The molecular weight excluding hydrogens is 356 g/mol. The van der Waals surface area contributed by atoms with Crippen LogP contribution in [0, 0.1) is 0 Å². The van der Waals surface area contributed by atoms with Gasteiger partial charge in [0.1, 0.15) is 4.21 Å². The van der Waals surface area contributed by atoms with E-state index in [4.69, 9.17) is 0 Å². The zero-order chi connectivity index (χ0) is 17.4. The van der Waals surface area contributed by atoms with Crippen molar-refractivity contribution in [2.75, 3.05) is 24.5 Å². The normalized spacial score (nSPS) is 17.8. The molecule has 5 nitrogen and oxygen atoms in total. The predicted octanol–water partition coefficient (Wildman–Crippen LogP) is 2.66. The molecule has 1 aromatic carbocycles. The van der Waals surface area contributed by atoms with Crippen molar-refractivity contribution in [3.8, 4) is 0 Å². The summed E-state index contributed by atoms with van der Waals surface area (Å²) >= 11 is 1.22. The van der Waals surface area contributed by atoms with E-state index in [1.807, 2.05) is 23.1 Å². The molecule has 132 valence electrons. The van der Waals surface area contributed by atoms with Crippen LogP contribution in [0.1, 0.15) is 23.3 Å². The van der Waals surface area contributed by atoms with E-state index in [0.29, 0.717) is 23.8 Å². The number of carbonyl (C=O) groups is 1. The molecule has 0 radical (unpaired) electrons. The largest absolute Gasteiger partial charge is 0.312 e. The van der Waals surface area contributed by atoms with Crippen LogP contribution in [-0.2, 0) is 27.7 Å². The molecule has 1 fully saturated rings. The topological polar surface area (TPSA) is 57.7 Å². The zero-order valence-corrected chi connectivity index (χ0v) is 15.5. The lowest BCUT2D eigenvalue weighted by Gasteiger charge is -2.16. The van der Waals surface area contributed by atoms with Crippen molar-refractivity contribution in [3.63, 3.8) is 0 Å². The second kappa shape index (κ2) is 6.55. The van der Waals surface area contributed by atoms with Crippen LogP contribution >= 0.6 is 11.3 Å². The Hall–Kier alpha value is -1.70. The third-order valence-corrected chi connectivity index (χ3v) is 8.26. The minimum Gasteiger partial charge on any atom is -0.312 e. The lowest BCUT2D eigenvalue weighted by molar-refractivity contribution is -0.117. The molecule has 0 unspecified atom stereocenters. The van der Waals surface area contributed by atoms with E-state index < -0.39 is 10.0 Å². The number of rotatable bonds is 4.